The molecule has 0 radical (unpaired) electrons. The molecule has 0 aromatic carbocycles. The highest BCUT2D eigenvalue weighted by molar-refractivity contribution is 7.91. The zero-order valence-electron chi connectivity index (χ0n) is 10.5. The molecule has 18 heavy (non-hydrogen) atoms. The Morgan fingerprint density at radius 2 is 2.22 bits per heavy atom. The number of methoxy groups -OCH3 is 1. The number of hydrogen-bond acceptors (Lipinski definition) is 5. The number of thiophene rings is 1. The molecule has 0 aliphatic heterocycles. The van der Waals surface area contributed by atoms with Crippen molar-refractivity contribution in [2.45, 2.75) is 35.7 Å². The molecule has 0 saturated heterocycles. The van der Waals surface area contributed by atoms with Crippen LogP contribution in [0.1, 0.15) is 18.4 Å². The minimum atomic E-state index is -3.36. The second-order valence-corrected chi connectivity index (χ2v) is 7.30. The van der Waals surface area contributed by atoms with Crippen molar-refractivity contribution >= 4 is 21.4 Å². The van der Waals surface area contributed by atoms with Gasteiger partial charge in [-0.15, -0.1) is 11.3 Å². The van der Waals surface area contributed by atoms with E-state index in [1.807, 2.05) is 12.4 Å². The van der Waals surface area contributed by atoms with Crippen LogP contribution in [0.3, 0.4) is 0 Å². The molecule has 1 heterocycles. The van der Waals surface area contributed by atoms with Gasteiger partial charge in [-0.2, -0.15) is 0 Å². The van der Waals surface area contributed by atoms with Crippen LogP contribution in [0.15, 0.2) is 15.7 Å². The molecule has 0 bridgehead atoms. The Morgan fingerprint density at radius 1 is 1.50 bits per heavy atom. The third-order valence-electron chi connectivity index (χ3n) is 3.03. The van der Waals surface area contributed by atoms with Crippen LogP contribution in [0.2, 0.25) is 0 Å². The first-order valence-corrected chi connectivity index (χ1v) is 8.18. The van der Waals surface area contributed by atoms with E-state index >= 15 is 0 Å². The summed E-state index contributed by atoms with van der Waals surface area (Å²) in [7, 11) is 0.124. The minimum absolute atomic E-state index is 0.00907. The quantitative estimate of drug-likeness (QED) is 0.817. The van der Waals surface area contributed by atoms with Crippen molar-refractivity contribution in [3.8, 4) is 0 Å². The van der Waals surface area contributed by atoms with Crippen LogP contribution >= 0.6 is 11.3 Å². The third kappa shape index (κ3) is 3.10. The Balaban J connectivity index is 1.97. The van der Waals surface area contributed by atoms with Gasteiger partial charge in [0.15, 0.2) is 0 Å². The molecule has 1 aliphatic carbocycles. The topological polar surface area (TPSA) is 67.4 Å². The highest BCUT2D eigenvalue weighted by Gasteiger charge is 2.33. The van der Waals surface area contributed by atoms with Crippen molar-refractivity contribution in [3.63, 3.8) is 0 Å². The summed E-state index contributed by atoms with van der Waals surface area (Å²) in [6, 6.07) is 1.73. The lowest BCUT2D eigenvalue weighted by Crippen LogP contribution is -2.47. The Hall–Kier alpha value is -0.470. The second kappa shape index (κ2) is 5.66. The highest BCUT2D eigenvalue weighted by Crippen LogP contribution is 2.26. The van der Waals surface area contributed by atoms with Gasteiger partial charge in [-0.25, -0.2) is 13.1 Å². The molecule has 1 fully saturated rings. The average molecular weight is 290 g/mol. The van der Waals surface area contributed by atoms with Crippen LogP contribution in [0, 0.1) is 0 Å². The number of hydrogen-bond donors (Lipinski definition) is 2. The maximum atomic E-state index is 12.1. The van der Waals surface area contributed by atoms with Gasteiger partial charge in [0.05, 0.1) is 6.10 Å². The molecule has 0 spiro atoms. The van der Waals surface area contributed by atoms with Crippen molar-refractivity contribution in [2.75, 3.05) is 14.2 Å². The van der Waals surface area contributed by atoms with Gasteiger partial charge in [0.25, 0.3) is 0 Å². The Labute approximate surface area is 112 Å². The van der Waals surface area contributed by atoms with E-state index in [2.05, 4.69) is 10.0 Å². The fourth-order valence-electron chi connectivity index (χ4n) is 1.92. The van der Waals surface area contributed by atoms with E-state index < -0.39 is 10.0 Å². The molecule has 1 aromatic rings. The van der Waals surface area contributed by atoms with Crippen LogP contribution < -0.4 is 10.0 Å². The summed E-state index contributed by atoms with van der Waals surface area (Å²) < 4.78 is 32.4. The summed E-state index contributed by atoms with van der Waals surface area (Å²) >= 11 is 1.26. The Morgan fingerprint density at radius 3 is 2.83 bits per heavy atom. The first kappa shape index (κ1) is 14.0. The molecule has 0 unspecified atom stereocenters. The molecule has 0 amide bonds. The second-order valence-electron chi connectivity index (χ2n) is 4.45. The molecule has 1 saturated carbocycles. The lowest BCUT2D eigenvalue weighted by Gasteiger charge is -2.34. The van der Waals surface area contributed by atoms with Crippen LogP contribution in [0.5, 0.6) is 0 Å². The molecule has 2 rings (SSSR count). The predicted octanol–water partition coefficient (Wildman–Crippen LogP) is 0.923. The van der Waals surface area contributed by atoms with Crippen LogP contribution in [-0.2, 0) is 21.3 Å². The molecule has 1 aromatic heterocycles. The van der Waals surface area contributed by atoms with Crippen molar-refractivity contribution in [2.24, 2.45) is 0 Å². The normalized spacial score (nSPS) is 23.9. The van der Waals surface area contributed by atoms with E-state index in [-0.39, 0.29) is 12.1 Å². The van der Waals surface area contributed by atoms with Crippen molar-refractivity contribution in [1.82, 2.24) is 10.0 Å². The molecular weight excluding hydrogens is 272 g/mol. The average Bonchev–Trinajstić information content (AvgIpc) is 2.72. The molecule has 5 nitrogen and oxygen atoms in total. The van der Waals surface area contributed by atoms with E-state index in [1.54, 1.807) is 13.2 Å². The number of ether oxygens (including phenoxy) is 1. The van der Waals surface area contributed by atoms with Gasteiger partial charge < -0.3 is 10.1 Å². The van der Waals surface area contributed by atoms with E-state index in [0.717, 1.165) is 18.4 Å². The molecule has 1 aliphatic rings. The van der Waals surface area contributed by atoms with Crippen molar-refractivity contribution < 1.29 is 13.2 Å². The van der Waals surface area contributed by atoms with Gasteiger partial charge in [-0.1, -0.05) is 0 Å². The number of sulfonamides is 1. The molecule has 2 N–H and O–H groups in total. The third-order valence-corrected chi connectivity index (χ3v) is 6.03. The Bertz CT molecular complexity index is 492. The van der Waals surface area contributed by atoms with Crippen LogP contribution in [0.25, 0.3) is 0 Å². The monoisotopic (exact) mass is 290 g/mol. The maximum Gasteiger partial charge on any atom is 0.250 e. The van der Waals surface area contributed by atoms with Crippen molar-refractivity contribution in [1.29, 1.82) is 0 Å². The summed E-state index contributed by atoms with van der Waals surface area (Å²) in [5.41, 5.74) is 0.992. The maximum absolute atomic E-state index is 12.1. The SMILES string of the molecule is CNCc1csc(S(=O)(=O)NC2CC(OC)C2)c1. The van der Waals surface area contributed by atoms with Gasteiger partial charge in [0, 0.05) is 19.7 Å². The summed E-state index contributed by atoms with van der Waals surface area (Å²) in [6.45, 7) is 0.682. The van der Waals surface area contributed by atoms with E-state index in [0.29, 0.717) is 10.8 Å². The van der Waals surface area contributed by atoms with E-state index in [9.17, 15) is 8.42 Å². The smallest absolute Gasteiger partial charge is 0.250 e. The zero-order valence-corrected chi connectivity index (χ0v) is 12.1. The minimum Gasteiger partial charge on any atom is -0.381 e. The summed E-state index contributed by atoms with van der Waals surface area (Å²) in [4.78, 5) is 0. The lowest BCUT2D eigenvalue weighted by atomic mass is 9.90. The van der Waals surface area contributed by atoms with Crippen molar-refractivity contribution in [3.05, 3.63) is 17.0 Å². The predicted molar refractivity (Wildman–Crippen MR) is 71.2 cm³/mol. The van der Waals surface area contributed by atoms with Crippen LogP contribution in [0.4, 0.5) is 0 Å². The Kier molecular flexibility index (Phi) is 4.39. The summed E-state index contributed by atoms with van der Waals surface area (Å²) in [5.74, 6) is 0. The zero-order chi connectivity index (χ0) is 13.2. The fourth-order valence-corrected chi connectivity index (χ4v) is 4.41. The molecule has 0 atom stereocenters. The van der Waals surface area contributed by atoms with Gasteiger partial charge in [-0.3, -0.25) is 0 Å². The first-order valence-electron chi connectivity index (χ1n) is 5.82. The summed E-state index contributed by atoms with van der Waals surface area (Å²) in [5, 5.41) is 4.87. The fraction of sp³-hybridized carbons (Fsp3) is 0.636. The number of nitrogens with one attached hydrogen (secondary N) is 2. The first-order chi connectivity index (χ1) is 8.55. The van der Waals surface area contributed by atoms with E-state index in [4.69, 9.17) is 4.74 Å². The largest absolute Gasteiger partial charge is 0.381 e. The number of rotatable bonds is 6. The molecule has 102 valence electrons. The van der Waals surface area contributed by atoms with E-state index in [1.165, 1.54) is 11.3 Å². The van der Waals surface area contributed by atoms with Gasteiger partial charge in [0.1, 0.15) is 4.21 Å². The standard InChI is InChI=1S/C11H18N2O3S2/c1-12-6-8-3-11(17-7-8)18(14,15)13-9-4-10(5-9)16-2/h3,7,9-10,12-13H,4-6H2,1-2H3. The summed E-state index contributed by atoms with van der Waals surface area (Å²) in [6.07, 6.45) is 1.70. The molecular formula is C11H18N2O3S2. The van der Waals surface area contributed by atoms with Gasteiger partial charge >= 0.3 is 0 Å². The molecule has 7 heteroatoms. The highest BCUT2D eigenvalue weighted by atomic mass is 32.2. The van der Waals surface area contributed by atoms with Gasteiger partial charge in [0.2, 0.25) is 10.0 Å². The van der Waals surface area contributed by atoms with Crippen LogP contribution in [-0.4, -0.2) is 34.7 Å². The lowest BCUT2D eigenvalue weighted by molar-refractivity contribution is 0.0236. The van der Waals surface area contributed by atoms with Gasteiger partial charge in [-0.05, 0) is 36.9 Å².